The summed E-state index contributed by atoms with van der Waals surface area (Å²) in [6.45, 7) is 0.582. The van der Waals surface area contributed by atoms with Crippen molar-refractivity contribution in [2.45, 2.75) is 0 Å². The van der Waals surface area contributed by atoms with E-state index in [9.17, 15) is 0 Å². The van der Waals surface area contributed by atoms with Crippen molar-refractivity contribution in [3.05, 3.63) is 70.0 Å². The number of hydrogen-bond acceptors (Lipinski definition) is 4. The van der Waals surface area contributed by atoms with Crippen LogP contribution in [0.25, 0.3) is 17.5 Å². The smallest absolute Gasteiger partial charge is 0.214 e. The number of ether oxygens (including phenoxy) is 1. The second kappa shape index (κ2) is 8.00. The molecule has 5 nitrogen and oxygen atoms in total. The summed E-state index contributed by atoms with van der Waals surface area (Å²) in [5.41, 5.74) is 5.17. The zero-order valence-electron chi connectivity index (χ0n) is 13.6. The van der Waals surface area contributed by atoms with Crippen LogP contribution in [0.5, 0.6) is 5.75 Å². The number of aromatic amines is 1. The van der Waals surface area contributed by atoms with Gasteiger partial charge in [-0.25, -0.2) is 9.77 Å². The van der Waals surface area contributed by atoms with Gasteiger partial charge in [0.25, 0.3) is 0 Å². The van der Waals surface area contributed by atoms with Gasteiger partial charge < -0.3 is 10.2 Å². The predicted molar refractivity (Wildman–Crippen MR) is 104 cm³/mol. The minimum Gasteiger partial charge on any atom is -0.496 e. The number of nitrogens with zero attached hydrogens (tertiary/aromatic N) is 2. The van der Waals surface area contributed by atoms with E-state index in [4.69, 9.17) is 28.6 Å². The Balaban J connectivity index is 1.76. The van der Waals surface area contributed by atoms with Gasteiger partial charge in [-0.15, -0.1) is 0 Å². The maximum atomic E-state index is 5.89. The fourth-order valence-corrected chi connectivity index (χ4v) is 2.69. The van der Waals surface area contributed by atoms with Gasteiger partial charge >= 0.3 is 0 Å². The Hall–Kier alpha value is -2.57. The first-order valence-electron chi connectivity index (χ1n) is 7.66. The van der Waals surface area contributed by atoms with Crippen molar-refractivity contribution in [2.24, 2.45) is 0 Å². The highest BCUT2D eigenvalue weighted by Gasteiger charge is 2.12. The van der Waals surface area contributed by atoms with Crippen LogP contribution in [0.15, 0.2) is 54.6 Å². The number of nitrogens with one attached hydrogen (secondary N) is 2. The summed E-state index contributed by atoms with van der Waals surface area (Å²) < 4.78 is 7.63. The Morgan fingerprint density at radius 2 is 2.00 bits per heavy atom. The maximum Gasteiger partial charge on any atom is 0.214 e. The quantitative estimate of drug-likeness (QED) is 0.624. The van der Waals surface area contributed by atoms with Gasteiger partial charge in [-0.2, -0.15) is 5.10 Å². The molecule has 0 spiro atoms. The first-order chi connectivity index (χ1) is 12.2. The van der Waals surface area contributed by atoms with Crippen molar-refractivity contribution in [3.8, 4) is 17.1 Å². The van der Waals surface area contributed by atoms with Crippen molar-refractivity contribution in [1.82, 2.24) is 14.9 Å². The molecular formula is C18H17ClN4OS. The summed E-state index contributed by atoms with van der Waals surface area (Å²) in [7, 11) is 1.63. The molecule has 0 saturated heterocycles. The molecule has 0 atom stereocenters. The highest BCUT2D eigenvalue weighted by molar-refractivity contribution is 7.71. The Bertz CT molecular complexity index is 931. The molecular weight excluding hydrogens is 356 g/mol. The first kappa shape index (κ1) is 17.3. The summed E-state index contributed by atoms with van der Waals surface area (Å²) in [5, 5.41) is 7.84. The molecule has 7 heteroatoms. The third-order valence-corrected chi connectivity index (χ3v) is 4.09. The number of hydrogen-bond donors (Lipinski definition) is 2. The molecule has 2 N–H and O–H groups in total. The van der Waals surface area contributed by atoms with E-state index >= 15 is 0 Å². The van der Waals surface area contributed by atoms with Crippen LogP contribution in [0.3, 0.4) is 0 Å². The van der Waals surface area contributed by atoms with Gasteiger partial charge in [0, 0.05) is 11.6 Å². The molecule has 0 fully saturated rings. The SMILES string of the molecule is COc1ccccc1-c1n[nH]c(=S)n1NC/C=C/c1ccc(Cl)cc1. The van der Waals surface area contributed by atoms with E-state index in [0.717, 1.165) is 21.9 Å². The molecule has 3 aromatic rings. The summed E-state index contributed by atoms with van der Waals surface area (Å²) >= 11 is 11.2. The van der Waals surface area contributed by atoms with Crippen LogP contribution >= 0.6 is 23.8 Å². The lowest BCUT2D eigenvalue weighted by molar-refractivity contribution is 0.416. The molecule has 25 heavy (non-hydrogen) atoms. The van der Waals surface area contributed by atoms with E-state index in [0.29, 0.717) is 17.1 Å². The fourth-order valence-electron chi connectivity index (χ4n) is 2.37. The number of benzene rings is 2. The Morgan fingerprint density at radius 3 is 2.76 bits per heavy atom. The minimum absolute atomic E-state index is 0.487. The highest BCUT2D eigenvalue weighted by Crippen LogP contribution is 2.27. The number of rotatable bonds is 6. The average Bonchev–Trinajstić information content (AvgIpc) is 3.00. The number of halogens is 1. The van der Waals surface area contributed by atoms with Crippen molar-refractivity contribution in [2.75, 3.05) is 19.1 Å². The summed E-state index contributed by atoms with van der Waals surface area (Å²) in [6, 6.07) is 15.3. The van der Waals surface area contributed by atoms with Crippen molar-refractivity contribution >= 4 is 29.9 Å². The van der Waals surface area contributed by atoms with Gasteiger partial charge in [0.2, 0.25) is 4.77 Å². The van der Waals surface area contributed by atoms with E-state index < -0.39 is 0 Å². The Morgan fingerprint density at radius 1 is 1.24 bits per heavy atom. The van der Waals surface area contributed by atoms with Crippen molar-refractivity contribution in [3.63, 3.8) is 0 Å². The second-order valence-electron chi connectivity index (χ2n) is 5.20. The second-order valence-corrected chi connectivity index (χ2v) is 6.03. The molecule has 0 aliphatic heterocycles. The van der Waals surface area contributed by atoms with Crippen LogP contribution in [0.4, 0.5) is 0 Å². The summed E-state index contributed by atoms with van der Waals surface area (Å²) in [6.07, 6.45) is 4.01. The lowest BCUT2D eigenvalue weighted by Gasteiger charge is -2.10. The van der Waals surface area contributed by atoms with E-state index in [1.165, 1.54) is 0 Å². The summed E-state index contributed by atoms with van der Waals surface area (Å²) in [5.74, 6) is 1.40. The van der Waals surface area contributed by atoms with E-state index in [1.54, 1.807) is 11.8 Å². The van der Waals surface area contributed by atoms with Gasteiger partial charge in [-0.3, -0.25) is 0 Å². The third kappa shape index (κ3) is 4.10. The van der Waals surface area contributed by atoms with Crippen molar-refractivity contribution < 1.29 is 4.74 Å². The molecule has 2 aromatic carbocycles. The van der Waals surface area contributed by atoms with E-state index in [-0.39, 0.29) is 0 Å². The van der Waals surface area contributed by atoms with Crippen LogP contribution < -0.4 is 10.2 Å². The minimum atomic E-state index is 0.487. The Kier molecular flexibility index (Phi) is 5.53. The van der Waals surface area contributed by atoms with E-state index in [2.05, 4.69) is 15.6 Å². The van der Waals surface area contributed by atoms with Gasteiger partial charge in [-0.05, 0) is 42.0 Å². The fraction of sp³-hybridized carbons (Fsp3) is 0.111. The third-order valence-electron chi connectivity index (χ3n) is 3.57. The predicted octanol–water partition coefficient (Wildman–Crippen LogP) is 4.53. The molecule has 0 saturated carbocycles. The maximum absolute atomic E-state index is 5.89. The van der Waals surface area contributed by atoms with Gasteiger partial charge in [-0.1, -0.05) is 48.0 Å². The molecule has 0 bridgehead atoms. The lowest BCUT2D eigenvalue weighted by Crippen LogP contribution is -2.16. The van der Waals surface area contributed by atoms with Gasteiger partial charge in [0.15, 0.2) is 5.82 Å². The molecule has 0 aliphatic carbocycles. The standard InChI is InChI=1S/C18H17ClN4OS/c1-24-16-7-3-2-6-15(16)17-21-22-18(25)23(17)20-12-4-5-13-8-10-14(19)11-9-13/h2-11,20H,12H2,1H3,(H,22,25)/b5-4+. The Labute approximate surface area is 155 Å². The van der Waals surface area contributed by atoms with Gasteiger partial charge in [0.05, 0.1) is 12.7 Å². The monoisotopic (exact) mass is 372 g/mol. The normalized spacial score (nSPS) is 11.0. The van der Waals surface area contributed by atoms with E-state index in [1.807, 2.05) is 60.7 Å². The molecule has 1 heterocycles. The molecule has 0 radical (unpaired) electrons. The highest BCUT2D eigenvalue weighted by atomic mass is 35.5. The zero-order chi connectivity index (χ0) is 17.6. The molecule has 0 unspecified atom stereocenters. The molecule has 0 amide bonds. The number of para-hydroxylation sites is 1. The molecule has 128 valence electrons. The number of H-pyrrole nitrogens is 1. The largest absolute Gasteiger partial charge is 0.496 e. The molecule has 1 aromatic heterocycles. The first-order valence-corrected chi connectivity index (χ1v) is 8.44. The topological polar surface area (TPSA) is 54.9 Å². The van der Waals surface area contributed by atoms with Crippen LogP contribution in [0.1, 0.15) is 5.56 Å². The van der Waals surface area contributed by atoms with Crippen LogP contribution in [-0.2, 0) is 0 Å². The average molecular weight is 373 g/mol. The number of aromatic nitrogens is 3. The summed E-state index contributed by atoms with van der Waals surface area (Å²) in [4.78, 5) is 0. The zero-order valence-corrected chi connectivity index (χ0v) is 15.1. The van der Waals surface area contributed by atoms with Crippen LogP contribution in [0.2, 0.25) is 5.02 Å². The lowest BCUT2D eigenvalue weighted by atomic mass is 10.2. The van der Waals surface area contributed by atoms with Crippen LogP contribution in [-0.4, -0.2) is 28.5 Å². The number of methoxy groups -OCH3 is 1. The van der Waals surface area contributed by atoms with Crippen molar-refractivity contribution in [1.29, 1.82) is 0 Å². The molecule has 3 rings (SSSR count). The molecule has 0 aliphatic rings. The van der Waals surface area contributed by atoms with Crippen LogP contribution in [0, 0.1) is 4.77 Å². The van der Waals surface area contributed by atoms with Gasteiger partial charge in [0.1, 0.15) is 5.75 Å².